The molecule has 5 nitrogen and oxygen atoms in total. The average Bonchev–Trinajstić information content (AvgIpc) is 2.77. The molecule has 1 aromatic carbocycles. The first-order valence-corrected chi connectivity index (χ1v) is 6.43. The van der Waals surface area contributed by atoms with E-state index in [2.05, 4.69) is 15.6 Å². The number of thiazole rings is 1. The molecule has 0 bridgehead atoms. The maximum atomic E-state index is 11.6. The van der Waals surface area contributed by atoms with Gasteiger partial charge in [-0.3, -0.25) is 9.59 Å². The monoisotopic (exact) mass is 263 g/mol. The van der Waals surface area contributed by atoms with E-state index in [0.29, 0.717) is 11.6 Å². The van der Waals surface area contributed by atoms with Crippen LogP contribution >= 0.6 is 11.3 Å². The minimum absolute atomic E-state index is 0.0252. The number of hydrogen-bond acceptors (Lipinski definition) is 4. The largest absolute Gasteiger partial charge is 0.347 e. The van der Waals surface area contributed by atoms with Crippen molar-refractivity contribution in [2.24, 2.45) is 0 Å². The van der Waals surface area contributed by atoms with Crippen molar-refractivity contribution in [3.8, 4) is 0 Å². The highest BCUT2D eigenvalue weighted by Gasteiger charge is 2.08. The molecule has 0 saturated carbocycles. The molecule has 0 aliphatic heterocycles. The minimum atomic E-state index is -0.268. The van der Waals surface area contributed by atoms with Crippen molar-refractivity contribution >= 4 is 38.5 Å². The van der Waals surface area contributed by atoms with Crippen molar-refractivity contribution in [1.29, 1.82) is 0 Å². The molecule has 2 N–H and O–H groups in total. The summed E-state index contributed by atoms with van der Waals surface area (Å²) >= 11 is 1.41. The van der Waals surface area contributed by atoms with Gasteiger partial charge >= 0.3 is 0 Å². The lowest BCUT2D eigenvalue weighted by atomic mass is 10.3. The van der Waals surface area contributed by atoms with Gasteiger partial charge < -0.3 is 10.6 Å². The molecule has 1 heterocycles. The number of nitrogens with one attached hydrogen (secondary N) is 2. The van der Waals surface area contributed by atoms with Crippen molar-refractivity contribution in [2.45, 2.75) is 13.3 Å². The van der Waals surface area contributed by atoms with Gasteiger partial charge in [0.15, 0.2) is 5.13 Å². The molecule has 0 radical (unpaired) electrons. The van der Waals surface area contributed by atoms with Gasteiger partial charge in [0.25, 0.3) is 0 Å². The van der Waals surface area contributed by atoms with Gasteiger partial charge in [-0.05, 0) is 12.1 Å². The molecule has 2 aromatic rings. The van der Waals surface area contributed by atoms with Crippen LogP contribution in [0.4, 0.5) is 5.13 Å². The van der Waals surface area contributed by atoms with Crippen LogP contribution in [0.2, 0.25) is 0 Å². The van der Waals surface area contributed by atoms with Gasteiger partial charge in [0.2, 0.25) is 11.8 Å². The van der Waals surface area contributed by atoms with E-state index in [9.17, 15) is 9.59 Å². The third kappa shape index (κ3) is 3.04. The predicted molar refractivity (Wildman–Crippen MR) is 71.6 cm³/mol. The number of benzene rings is 1. The highest BCUT2D eigenvalue weighted by Crippen LogP contribution is 2.24. The normalized spacial score (nSPS) is 10.3. The fourth-order valence-electron chi connectivity index (χ4n) is 1.39. The zero-order valence-electron chi connectivity index (χ0n) is 9.90. The first-order chi connectivity index (χ1) is 8.69. The summed E-state index contributed by atoms with van der Waals surface area (Å²) in [6.45, 7) is 1.71. The molecule has 0 aliphatic carbocycles. The number of carbonyl (C=O) groups excluding carboxylic acids is 2. The Hall–Kier alpha value is -1.95. The van der Waals surface area contributed by atoms with E-state index in [-0.39, 0.29) is 18.4 Å². The maximum Gasteiger partial charge on any atom is 0.245 e. The number of nitrogens with zero attached hydrogens (tertiary/aromatic N) is 1. The lowest BCUT2D eigenvalue weighted by molar-refractivity contribution is -0.123. The summed E-state index contributed by atoms with van der Waals surface area (Å²) in [7, 11) is 0. The van der Waals surface area contributed by atoms with Gasteiger partial charge in [-0.2, -0.15) is 0 Å². The number of hydrogen-bond donors (Lipinski definition) is 2. The zero-order chi connectivity index (χ0) is 13.0. The van der Waals surface area contributed by atoms with Crippen LogP contribution in [-0.2, 0) is 9.59 Å². The Balaban J connectivity index is 1.96. The summed E-state index contributed by atoms with van der Waals surface area (Å²) < 4.78 is 1.02. The number of carbonyl (C=O) groups is 2. The molecule has 6 heteroatoms. The molecule has 0 unspecified atom stereocenters. The van der Waals surface area contributed by atoms with Crippen LogP contribution in [0.3, 0.4) is 0 Å². The summed E-state index contributed by atoms with van der Waals surface area (Å²) in [5.74, 6) is -0.412. The molecule has 0 spiro atoms. The summed E-state index contributed by atoms with van der Waals surface area (Å²) in [5, 5.41) is 5.72. The highest BCUT2D eigenvalue weighted by molar-refractivity contribution is 7.22. The summed E-state index contributed by atoms with van der Waals surface area (Å²) in [6, 6.07) is 7.66. The highest BCUT2D eigenvalue weighted by atomic mass is 32.1. The van der Waals surface area contributed by atoms with Gasteiger partial charge in [-0.1, -0.05) is 30.4 Å². The van der Waals surface area contributed by atoms with Crippen LogP contribution in [0.1, 0.15) is 13.3 Å². The third-order valence-corrected chi connectivity index (χ3v) is 3.26. The van der Waals surface area contributed by atoms with E-state index in [4.69, 9.17) is 0 Å². The first-order valence-electron chi connectivity index (χ1n) is 5.61. The Morgan fingerprint density at radius 2 is 2.06 bits per heavy atom. The van der Waals surface area contributed by atoms with Crippen molar-refractivity contribution in [3.63, 3.8) is 0 Å². The molecular formula is C12H13N3O2S. The molecule has 0 saturated heterocycles. The molecule has 94 valence electrons. The Kier molecular flexibility index (Phi) is 3.88. The number of fused-ring (bicyclic) bond motifs is 1. The fourth-order valence-corrected chi connectivity index (χ4v) is 2.28. The molecule has 0 fully saturated rings. The zero-order valence-corrected chi connectivity index (χ0v) is 10.7. The minimum Gasteiger partial charge on any atom is -0.347 e. The molecule has 0 atom stereocenters. The third-order valence-electron chi connectivity index (χ3n) is 2.31. The molecule has 2 amide bonds. The topological polar surface area (TPSA) is 71.1 Å². The van der Waals surface area contributed by atoms with E-state index in [0.717, 1.165) is 10.2 Å². The Morgan fingerprint density at radius 3 is 2.78 bits per heavy atom. The SMILES string of the molecule is CCC(=O)NCC(=O)Nc1nc2ccccc2s1. The number of aromatic nitrogens is 1. The predicted octanol–water partition coefficient (Wildman–Crippen LogP) is 1.76. The van der Waals surface area contributed by atoms with Crippen molar-refractivity contribution in [1.82, 2.24) is 10.3 Å². The fraction of sp³-hybridized carbons (Fsp3) is 0.250. The van der Waals surface area contributed by atoms with E-state index < -0.39 is 0 Å². The second-order valence-electron chi connectivity index (χ2n) is 3.67. The van der Waals surface area contributed by atoms with Crippen molar-refractivity contribution < 1.29 is 9.59 Å². The number of rotatable bonds is 4. The average molecular weight is 263 g/mol. The second kappa shape index (κ2) is 5.59. The van der Waals surface area contributed by atoms with Crippen LogP contribution in [0.15, 0.2) is 24.3 Å². The van der Waals surface area contributed by atoms with Gasteiger partial charge in [0, 0.05) is 6.42 Å². The summed E-state index contributed by atoms with van der Waals surface area (Å²) in [4.78, 5) is 26.8. The van der Waals surface area contributed by atoms with Crippen LogP contribution < -0.4 is 10.6 Å². The van der Waals surface area contributed by atoms with E-state index in [1.807, 2.05) is 24.3 Å². The lowest BCUT2D eigenvalue weighted by Gasteiger charge is -2.02. The van der Waals surface area contributed by atoms with Gasteiger partial charge in [-0.15, -0.1) is 0 Å². The Labute approximate surface area is 108 Å². The van der Waals surface area contributed by atoms with Gasteiger partial charge in [-0.25, -0.2) is 4.98 Å². The molecule has 0 aliphatic rings. The van der Waals surface area contributed by atoms with Crippen LogP contribution in [0, 0.1) is 0 Å². The first kappa shape index (κ1) is 12.5. The quantitative estimate of drug-likeness (QED) is 0.883. The van der Waals surface area contributed by atoms with Crippen LogP contribution in [0.5, 0.6) is 0 Å². The summed E-state index contributed by atoms with van der Waals surface area (Å²) in [5.41, 5.74) is 0.857. The van der Waals surface area contributed by atoms with Gasteiger partial charge in [0.1, 0.15) is 0 Å². The maximum absolute atomic E-state index is 11.6. The number of para-hydroxylation sites is 1. The number of anilines is 1. The standard InChI is InChI=1S/C12H13N3O2S/c1-2-10(16)13-7-11(17)15-12-14-8-5-3-4-6-9(8)18-12/h3-6H,2,7H2,1H3,(H,13,16)(H,14,15,17). The molecule has 18 heavy (non-hydrogen) atoms. The second-order valence-corrected chi connectivity index (χ2v) is 4.70. The Bertz CT molecular complexity index is 546. The molecule has 2 rings (SSSR count). The van der Waals surface area contributed by atoms with Crippen molar-refractivity contribution in [3.05, 3.63) is 24.3 Å². The van der Waals surface area contributed by atoms with E-state index in [1.165, 1.54) is 11.3 Å². The smallest absolute Gasteiger partial charge is 0.245 e. The van der Waals surface area contributed by atoms with Crippen LogP contribution in [0.25, 0.3) is 10.2 Å². The lowest BCUT2D eigenvalue weighted by Crippen LogP contribution is -2.32. The van der Waals surface area contributed by atoms with Crippen molar-refractivity contribution in [2.75, 3.05) is 11.9 Å². The molecule has 1 aromatic heterocycles. The summed E-state index contributed by atoms with van der Waals surface area (Å²) in [6.07, 6.45) is 0.369. The van der Waals surface area contributed by atoms with E-state index in [1.54, 1.807) is 6.92 Å². The van der Waals surface area contributed by atoms with Crippen LogP contribution in [-0.4, -0.2) is 23.3 Å². The Morgan fingerprint density at radius 1 is 1.28 bits per heavy atom. The van der Waals surface area contributed by atoms with E-state index >= 15 is 0 Å². The molecular weight excluding hydrogens is 250 g/mol. The van der Waals surface area contributed by atoms with Gasteiger partial charge in [0.05, 0.1) is 16.8 Å². The number of amides is 2.